The molecule has 0 aliphatic heterocycles. The summed E-state index contributed by atoms with van der Waals surface area (Å²) in [4.78, 5) is 28.2. The number of hydrogen-bond acceptors (Lipinski definition) is 5. The summed E-state index contributed by atoms with van der Waals surface area (Å²) < 4.78 is 31.9. The number of halogens is 1. The molecule has 0 spiro atoms. The molecule has 0 unspecified atom stereocenters. The molecule has 2 aromatic carbocycles. The zero-order valence-electron chi connectivity index (χ0n) is 21.2. The Morgan fingerprint density at radius 2 is 1.86 bits per heavy atom. The number of anilines is 1. The fraction of sp³-hybridized carbons (Fsp3) is 0.462. The number of benzene rings is 2. The highest BCUT2D eigenvalue weighted by atomic mass is 35.5. The quantitative estimate of drug-likeness (QED) is 0.498. The summed E-state index contributed by atoms with van der Waals surface area (Å²) in [6.07, 6.45) is 4.98. The molecule has 1 saturated carbocycles. The first-order valence-electron chi connectivity index (χ1n) is 12.0. The van der Waals surface area contributed by atoms with E-state index >= 15 is 0 Å². The second-order valence-corrected chi connectivity index (χ2v) is 11.6. The number of ether oxygens (including phenoxy) is 1. The van der Waals surface area contributed by atoms with Crippen molar-refractivity contribution in [1.29, 1.82) is 0 Å². The third kappa shape index (κ3) is 7.13. The van der Waals surface area contributed by atoms with Crippen LogP contribution in [-0.2, 0) is 26.2 Å². The molecule has 8 nitrogen and oxygen atoms in total. The lowest BCUT2D eigenvalue weighted by atomic mass is 10.1. The Bertz CT molecular complexity index is 1200. The molecule has 1 aliphatic carbocycles. The van der Waals surface area contributed by atoms with Crippen molar-refractivity contribution in [1.82, 2.24) is 10.2 Å². The highest BCUT2D eigenvalue weighted by Crippen LogP contribution is 2.33. The molecule has 0 bridgehead atoms. The Labute approximate surface area is 218 Å². The second-order valence-electron chi connectivity index (χ2n) is 9.26. The molecular formula is C26H34ClN3O5S. The minimum absolute atomic E-state index is 0.0964. The molecule has 0 saturated heterocycles. The summed E-state index contributed by atoms with van der Waals surface area (Å²) in [7, 11) is -2.48. The molecule has 2 aromatic rings. The normalized spacial score (nSPS) is 14.8. The van der Waals surface area contributed by atoms with E-state index in [1.165, 1.54) is 18.1 Å². The molecule has 0 aromatic heterocycles. The molecule has 196 valence electrons. The van der Waals surface area contributed by atoms with Crippen LogP contribution in [0.1, 0.15) is 43.7 Å². The maximum atomic E-state index is 13.7. The van der Waals surface area contributed by atoms with Crippen LogP contribution < -0.4 is 14.4 Å². The van der Waals surface area contributed by atoms with Crippen molar-refractivity contribution in [3.63, 3.8) is 0 Å². The van der Waals surface area contributed by atoms with E-state index in [2.05, 4.69) is 5.32 Å². The van der Waals surface area contributed by atoms with Crippen LogP contribution in [0.15, 0.2) is 42.5 Å². The van der Waals surface area contributed by atoms with Crippen LogP contribution in [0.4, 0.5) is 5.69 Å². The maximum absolute atomic E-state index is 13.7. The second kappa shape index (κ2) is 12.0. The first-order valence-corrected chi connectivity index (χ1v) is 14.2. The van der Waals surface area contributed by atoms with Crippen LogP contribution in [0, 0.1) is 6.92 Å². The molecule has 2 amide bonds. The minimum Gasteiger partial charge on any atom is -0.495 e. The van der Waals surface area contributed by atoms with Gasteiger partial charge in [0.1, 0.15) is 18.3 Å². The van der Waals surface area contributed by atoms with Gasteiger partial charge in [0.25, 0.3) is 0 Å². The number of carbonyl (C=O) groups is 2. The molecule has 0 heterocycles. The number of amides is 2. The number of nitrogens with zero attached hydrogens (tertiary/aromatic N) is 2. The molecule has 0 radical (unpaired) electrons. The van der Waals surface area contributed by atoms with E-state index in [0.717, 1.165) is 47.4 Å². The summed E-state index contributed by atoms with van der Waals surface area (Å²) in [6.45, 7) is 3.26. The van der Waals surface area contributed by atoms with E-state index in [9.17, 15) is 18.0 Å². The van der Waals surface area contributed by atoms with Crippen LogP contribution in [0.2, 0.25) is 5.02 Å². The maximum Gasteiger partial charge on any atom is 0.244 e. The van der Waals surface area contributed by atoms with Gasteiger partial charge in [-0.05, 0) is 50.5 Å². The first kappa shape index (κ1) is 27.8. The van der Waals surface area contributed by atoms with Gasteiger partial charge in [-0.2, -0.15) is 0 Å². The van der Waals surface area contributed by atoms with Gasteiger partial charge in [-0.1, -0.05) is 54.3 Å². The van der Waals surface area contributed by atoms with Crippen LogP contribution in [0.5, 0.6) is 5.75 Å². The highest BCUT2D eigenvalue weighted by molar-refractivity contribution is 7.92. The monoisotopic (exact) mass is 535 g/mol. The SMILES string of the molecule is COc1ccc(Cl)cc1N(CC(=O)N(Cc1cccc(C)c1)[C@@H](C)C(=O)NC1CCCC1)S(C)(=O)=O. The average Bonchev–Trinajstić information content (AvgIpc) is 3.32. The number of nitrogens with one attached hydrogen (secondary N) is 1. The summed E-state index contributed by atoms with van der Waals surface area (Å²) in [5.74, 6) is -0.512. The molecule has 1 fully saturated rings. The van der Waals surface area contributed by atoms with Gasteiger partial charge in [-0.3, -0.25) is 13.9 Å². The van der Waals surface area contributed by atoms with E-state index in [-0.39, 0.29) is 29.9 Å². The Morgan fingerprint density at radius 1 is 1.17 bits per heavy atom. The lowest BCUT2D eigenvalue weighted by Gasteiger charge is -2.32. The molecular weight excluding hydrogens is 502 g/mol. The predicted octanol–water partition coefficient (Wildman–Crippen LogP) is 3.90. The summed E-state index contributed by atoms with van der Waals surface area (Å²) in [5.41, 5.74) is 2.01. The zero-order valence-corrected chi connectivity index (χ0v) is 22.7. The third-order valence-corrected chi connectivity index (χ3v) is 7.75. The summed E-state index contributed by atoms with van der Waals surface area (Å²) in [6, 6.07) is 11.5. The number of carbonyl (C=O) groups excluding carboxylic acids is 2. The van der Waals surface area contributed by atoms with Gasteiger partial charge < -0.3 is 15.0 Å². The van der Waals surface area contributed by atoms with Crippen molar-refractivity contribution in [2.45, 2.75) is 58.2 Å². The summed E-state index contributed by atoms with van der Waals surface area (Å²) >= 11 is 6.14. The number of hydrogen-bond donors (Lipinski definition) is 1. The van der Waals surface area contributed by atoms with E-state index in [4.69, 9.17) is 16.3 Å². The van der Waals surface area contributed by atoms with Gasteiger partial charge in [-0.15, -0.1) is 0 Å². The predicted molar refractivity (Wildman–Crippen MR) is 142 cm³/mol. The van der Waals surface area contributed by atoms with Crippen LogP contribution in [-0.4, -0.2) is 57.1 Å². The molecule has 1 atom stereocenters. The lowest BCUT2D eigenvalue weighted by Crippen LogP contribution is -2.52. The Morgan fingerprint density at radius 3 is 2.47 bits per heavy atom. The number of aryl methyl sites for hydroxylation is 1. The molecule has 3 rings (SSSR count). The van der Waals surface area contributed by atoms with Crippen molar-refractivity contribution in [2.75, 3.05) is 24.2 Å². The number of methoxy groups -OCH3 is 1. The standard InChI is InChI=1S/C26H34ClN3O5S/c1-18-8-7-9-20(14-18)16-29(19(2)26(32)28-22-10-5-6-11-22)25(31)17-30(36(4,33)34)23-15-21(27)12-13-24(23)35-3/h7-9,12-15,19,22H,5-6,10-11,16-17H2,1-4H3,(H,28,32)/t19-/m0/s1. The van der Waals surface area contributed by atoms with Crippen molar-refractivity contribution in [3.05, 3.63) is 58.6 Å². The van der Waals surface area contributed by atoms with Crippen LogP contribution in [0.25, 0.3) is 0 Å². The molecule has 10 heteroatoms. The Balaban J connectivity index is 1.93. The van der Waals surface area contributed by atoms with E-state index < -0.39 is 28.5 Å². The van der Waals surface area contributed by atoms with E-state index in [0.29, 0.717) is 5.02 Å². The highest BCUT2D eigenvalue weighted by Gasteiger charge is 2.32. The van der Waals surface area contributed by atoms with Gasteiger partial charge in [0.15, 0.2) is 0 Å². The van der Waals surface area contributed by atoms with E-state index in [1.807, 2.05) is 31.2 Å². The van der Waals surface area contributed by atoms with Gasteiger partial charge in [0.05, 0.1) is 19.1 Å². The average molecular weight is 536 g/mol. The van der Waals surface area contributed by atoms with E-state index in [1.54, 1.807) is 19.1 Å². The van der Waals surface area contributed by atoms with Crippen LogP contribution >= 0.6 is 11.6 Å². The number of sulfonamides is 1. The first-order chi connectivity index (χ1) is 17.0. The lowest BCUT2D eigenvalue weighted by molar-refractivity contribution is -0.139. The smallest absolute Gasteiger partial charge is 0.244 e. The van der Waals surface area contributed by atoms with Crippen molar-refractivity contribution >= 4 is 39.1 Å². The molecule has 1 N–H and O–H groups in total. The van der Waals surface area contributed by atoms with Crippen LogP contribution in [0.3, 0.4) is 0 Å². The minimum atomic E-state index is -3.89. The topological polar surface area (TPSA) is 96.0 Å². The van der Waals surface area contributed by atoms with Gasteiger partial charge in [-0.25, -0.2) is 8.42 Å². The van der Waals surface area contributed by atoms with Gasteiger partial charge >= 0.3 is 0 Å². The largest absolute Gasteiger partial charge is 0.495 e. The molecule has 1 aliphatic rings. The van der Waals surface area contributed by atoms with Gasteiger partial charge in [0.2, 0.25) is 21.8 Å². The zero-order chi connectivity index (χ0) is 26.5. The van der Waals surface area contributed by atoms with Crippen molar-refractivity contribution in [3.8, 4) is 5.75 Å². The Hall–Kier alpha value is -2.78. The van der Waals surface area contributed by atoms with Gasteiger partial charge in [0, 0.05) is 17.6 Å². The Kier molecular flexibility index (Phi) is 9.24. The third-order valence-electron chi connectivity index (χ3n) is 6.39. The van der Waals surface area contributed by atoms with Crippen molar-refractivity contribution in [2.24, 2.45) is 0 Å². The fourth-order valence-electron chi connectivity index (χ4n) is 4.43. The van der Waals surface area contributed by atoms with Crippen molar-refractivity contribution < 1.29 is 22.7 Å². The summed E-state index contributed by atoms with van der Waals surface area (Å²) in [5, 5.41) is 3.35. The number of rotatable bonds is 10. The fourth-order valence-corrected chi connectivity index (χ4v) is 5.45. The molecule has 36 heavy (non-hydrogen) atoms.